The standard InChI is InChI=1S/3C8H11NO2.3C3H8/c3*1-5(2)6-3-9-4-7(10)8(6)11;3*1-3-2/h4-5,11H,3H2,1-2H3;2*3-5,10H,1-2H3,(H,9,11);3*3H2,1-2H3. The lowest BCUT2D eigenvalue weighted by Crippen LogP contribution is -2.16. The zero-order valence-corrected chi connectivity index (χ0v) is 28.0. The molecule has 2 aromatic rings. The van der Waals surface area contributed by atoms with E-state index in [0.29, 0.717) is 17.7 Å². The average molecular weight is 592 g/mol. The van der Waals surface area contributed by atoms with Crippen LogP contribution in [0.2, 0.25) is 0 Å². The van der Waals surface area contributed by atoms with Crippen LogP contribution in [0.1, 0.15) is 125 Å². The fourth-order valence-corrected chi connectivity index (χ4v) is 2.81. The molecule has 9 heteroatoms. The van der Waals surface area contributed by atoms with Gasteiger partial charge in [-0.05, 0) is 23.3 Å². The van der Waals surface area contributed by atoms with E-state index >= 15 is 0 Å². The van der Waals surface area contributed by atoms with Gasteiger partial charge in [-0.15, -0.1) is 0 Å². The summed E-state index contributed by atoms with van der Waals surface area (Å²) in [5.74, 6) is -0.435. The van der Waals surface area contributed by atoms with Crippen LogP contribution in [0.3, 0.4) is 0 Å². The van der Waals surface area contributed by atoms with Crippen LogP contribution in [0.25, 0.3) is 0 Å². The molecule has 2 aromatic heterocycles. The lowest BCUT2D eigenvalue weighted by molar-refractivity contribution is -0.111. The molecule has 0 spiro atoms. The smallest absolute Gasteiger partial charge is 0.237 e. The number of Topliss-reactive ketones (excluding diaryl/α,β-unsaturated/α-hetero) is 1. The van der Waals surface area contributed by atoms with E-state index in [1.54, 1.807) is 12.4 Å². The summed E-state index contributed by atoms with van der Waals surface area (Å²) in [7, 11) is 0. The highest BCUT2D eigenvalue weighted by molar-refractivity contribution is 6.35. The molecule has 0 atom stereocenters. The molecule has 0 fully saturated rings. The zero-order valence-electron chi connectivity index (χ0n) is 28.0. The molecule has 0 bridgehead atoms. The first-order valence-electron chi connectivity index (χ1n) is 14.9. The Morgan fingerprint density at radius 3 is 1.21 bits per heavy atom. The van der Waals surface area contributed by atoms with Crippen molar-refractivity contribution in [3.8, 4) is 11.5 Å². The number of aliphatic imine (C=N–C) groups is 1. The van der Waals surface area contributed by atoms with E-state index in [4.69, 9.17) is 10.2 Å². The minimum Gasteiger partial charge on any atom is -0.504 e. The number of allylic oxidation sites excluding steroid dienone is 1. The fourth-order valence-electron chi connectivity index (χ4n) is 2.81. The van der Waals surface area contributed by atoms with Crippen LogP contribution in [0, 0.1) is 5.92 Å². The minimum atomic E-state index is -0.375. The van der Waals surface area contributed by atoms with Gasteiger partial charge in [-0.3, -0.25) is 19.4 Å². The number of aromatic hydroxyl groups is 2. The largest absolute Gasteiger partial charge is 0.504 e. The molecule has 3 heterocycles. The molecule has 0 aliphatic carbocycles. The number of nitrogens with one attached hydrogen (secondary N) is 2. The van der Waals surface area contributed by atoms with Gasteiger partial charge in [0, 0.05) is 35.9 Å². The number of carbonyl (C=O) groups is 1. The fraction of sp³-hybridized carbons (Fsp3) is 0.576. The monoisotopic (exact) mass is 591 g/mol. The highest BCUT2D eigenvalue weighted by Crippen LogP contribution is 2.16. The Labute approximate surface area is 252 Å². The number of pyridine rings is 2. The number of aliphatic hydroxyl groups is 1. The Balaban J connectivity index is -0.000000475. The minimum absolute atomic E-state index is 0.116. The molecule has 0 saturated heterocycles. The quantitative estimate of drug-likeness (QED) is 0.245. The molecule has 0 aromatic carbocycles. The molecule has 9 nitrogen and oxygen atoms in total. The third kappa shape index (κ3) is 17.9. The van der Waals surface area contributed by atoms with Gasteiger partial charge in [-0.1, -0.05) is 102 Å². The van der Waals surface area contributed by atoms with E-state index in [1.807, 2.05) is 41.5 Å². The number of aromatic nitrogens is 2. The number of hydrogen-bond acceptors (Lipinski definition) is 7. The van der Waals surface area contributed by atoms with Gasteiger partial charge in [0.05, 0.1) is 12.8 Å². The van der Waals surface area contributed by atoms with Crippen LogP contribution < -0.4 is 10.9 Å². The normalized spacial score (nSPS) is 11.5. The Kier molecular flexibility index (Phi) is 25.6. The molecular weight excluding hydrogens is 534 g/mol. The van der Waals surface area contributed by atoms with Crippen LogP contribution in [0.15, 0.2) is 50.7 Å². The summed E-state index contributed by atoms with van der Waals surface area (Å²) in [5, 5.41) is 27.3. The highest BCUT2D eigenvalue weighted by Gasteiger charge is 2.18. The van der Waals surface area contributed by atoms with Crippen molar-refractivity contribution in [2.75, 3.05) is 6.54 Å². The van der Waals surface area contributed by atoms with Gasteiger partial charge < -0.3 is 25.3 Å². The first kappa shape index (κ1) is 42.8. The summed E-state index contributed by atoms with van der Waals surface area (Å²) in [6, 6.07) is 0. The highest BCUT2D eigenvalue weighted by atomic mass is 16.3. The summed E-state index contributed by atoms with van der Waals surface area (Å²) >= 11 is 0. The van der Waals surface area contributed by atoms with Crippen molar-refractivity contribution in [2.24, 2.45) is 10.9 Å². The molecule has 1 aliphatic rings. The van der Waals surface area contributed by atoms with Crippen LogP contribution >= 0.6 is 0 Å². The van der Waals surface area contributed by atoms with Crippen LogP contribution in [-0.2, 0) is 4.79 Å². The predicted octanol–water partition coefficient (Wildman–Crippen LogP) is 7.76. The van der Waals surface area contributed by atoms with Crippen LogP contribution in [0.4, 0.5) is 0 Å². The molecular formula is C33H57N3O6. The van der Waals surface area contributed by atoms with Crippen LogP contribution in [-0.4, -0.2) is 43.8 Å². The van der Waals surface area contributed by atoms with Crippen molar-refractivity contribution in [3.05, 3.63) is 67.7 Å². The van der Waals surface area contributed by atoms with Crippen molar-refractivity contribution in [3.63, 3.8) is 0 Å². The van der Waals surface area contributed by atoms with E-state index in [0.717, 1.165) is 5.57 Å². The second kappa shape index (κ2) is 25.1. The second-order valence-corrected chi connectivity index (χ2v) is 10.5. The van der Waals surface area contributed by atoms with Crippen molar-refractivity contribution in [1.29, 1.82) is 0 Å². The van der Waals surface area contributed by atoms with Crippen LogP contribution in [0.5, 0.6) is 11.5 Å². The first-order valence-corrected chi connectivity index (χ1v) is 14.9. The average Bonchev–Trinajstić information content (AvgIpc) is 2.90. The molecule has 3 rings (SSSR count). The molecule has 0 unspecified atom stereocenters. The first-order chi connectivity index (χ1) is 19.6. The predicted molar refractivity (Wildman–Crippen MR) is 176 cm³/mol. The van der Waals surface area contributed by atoms with Crippen molar-refractivity contribution >= 4 is 12.0 Å². The number of rotatable bonds is 3. The Morgan fingerprint density at radius 2 is 0.976 bits per heavy atom. The Bertz CT molecular complexity index is 1110. The van der Waals surface area contributed by atoms with Gasteiger partial charge in [0.2, 0.25) is 16.6 Å². The maximum absolute atomic E-state index is 11.1. The number of nitrogens with zero attached hydrogens (tertiary/aromatic N) is 1. The third-order valence-corrected chi connectivity index (χ3v) is 4.86. The van der Waals surface area contributed by atoms with E-state index in [9.17, 15) is 19.5 Å². The molecule has 0 amide bonds. The van der Waals surface area contributed by atoms with Gasteiger partial charge in [0.15, 0.2) is 17.3 Å². The lowest BCUT2D eigenvalue weighted by Gasteiger charge is -2.13. The number of dihydropyridines is 1. The Hall–Kier alpha value is -3.62. The van der Waals surface area contributed by atoms with Crippen molar-refractivity contribution in [2.45, 2.75) is 114 Å². The van der Waals surface area contributed by atoms with E-state index in [1.165, 1.54) is 37.9 Å². The topological polar surface area (TPSA) is 156 Å². The van der Waals surface area contributed by atoms with Gasteiger partial charge >= 0.3 is 0 Å². The number of carbonyl (C=O) groups excluding carboxylic acids is 1. The number of hydrogen-bond donors (Lipinski definition) is 5. The summed E-state index contributed by atoms with van der Waals surface area (Å²) < 4.78 is 0. The SMILES string of the molecule is CC(C)C1=C(O)C(=O)C=NC1.CC(C)c1c[nH]cc(O)c1=O.CC(C)c1c[nH]cc(O)c1=O.CCC.CCC.CCC. The number of ketones is 1. The number of aliphatic hydroxyl groups excluding tert-OH is 1. The maximum Gasteiger partial charge on any atom is 0.237 e. The summed E-state index contributed by atoms with van der Waals surface area (Å²) in [4.78, 5) is 42.4. The molecule has 42 heavy (non-hydrogen) atoms. The zero-order chi connectivity index (χ0) is 33.4. The number of aromatic amines is 2. The molecule has 5 N–H and O–H groups in total. The van der Waals surface area contributed by atoms with Crippen molar-refractivity contribution < 1.29 is 20.1 Å². The van der Waals surface area contributed by atoms with Crippen molar-refractivity contribution in [1.82, 2.24) is 9.97 Å². The van der Waals surface area contributed by atoms with Gasteiger partial charge in [0.25, 0.3) is 0 Å². The summed E-state index contributed by atoms with van der Waals surface area (Å²) in [6.45, 7) is 24.7. The molecule has 0 saturated carbocycles. The summed E-state index contributed by atoms with van der Waals surface area (Å²) in [5.41, 5.74) is 1.41. The van der Waals surface area contributed by atoms with E-state index < -0.39 is 0 Å². The van der Waals surface area contributed by atoms with E-state index in [2.05, 4.69) is 56.5 Å². The third-order valence-electron chi connectivity index (χ3n) is 4.86. The van der Waals surface area contributed by atoms with E-state index in [-0.39, 0.29) is 51.7 Å². The van der Waals surface area contributed by atoms with Gasteiger partial charge in [0.1, 0.15) is 0 Å². The molecule has 0 radical (unpaired) electrons. The maximum atomic E-state index is 11.1. The summed E-state index contributed by atoms with van der Waals surface area (Å²) in [6.07, 6.45) is 10.7. The van der Waals surface area contributed by atoms with Gasteiger partial charge in [-0.2, -0.15) is 0 Å². The van der Waals surface area contributed by atoms with Gasteiger partial charge in [-0.25, -0.2) is 0 Å². The molecule has 1 aliphatic heterocycles. The lowest BCUT2D eigenvalue weighted by atomic mass is 9.99. The Morgan fingerprint density at radius 1 is 0.643 bits per heavy atom. The molecule has 240 valence electrons. The second-order valence-electron chi connectivity index (χ2n) is 10.5. The number of H-pyrrole nitrogens is 2.